The Morgan fingerprint density at radius 1 is 0.846 bits per heavy atom. The Hall–Kier alpha value is -4.43. The Labute approximate surface area is 228 Å². The summed E-state index contributed by atoms with van der Waals surface area (Å²) in [5.74, 6) is 2.19. The number of nitrogen functional groups attached to an aromatic ring is 1. The van der Waals surface area contributed by atoms with E-state index in [9.17, 15) is 0 Å². The highest BCUT2D eigenvalue weighted by Gasteiger charge is 2.24. The first-order valence-electron chi connectivity index (χ1n) is 13.4. The van der Waals surface area contributed by atoms with Crippen LogP contribution in [-0.2, 0) is 6.54 Å². The number of aromatic nitrogens is 4. The Morgan fingerprint density at radius 3 is 2.33 bits per heavy atom. The van der Waals surface area contributed by atoms with Crippen molar-refractivity contribution in [3.8, 4) is 17.0 Å². The van der Waals surface area contributed by atoms with Crippen molar-refractivity contribution in [1.29, 1.82) is 0 Å². The molecule has 8 nitrogen and oxygen atoms in total. The molecule has 1 aliphatic rings. The van der Waals surface area contributed by atoms with E-state index in [1.54, 1.807) is 0 Å². The van der Waals surface area contributed by atoms with Gasteiger partial charge in [-0.25, -0.2) is 9.67 Å². The normalized spacial score (nSPS) is 14.1. The fraction of sp³-hybridized carbons (Fsp3) is 0.258. The number of nitrogens with zero attached hydrogens (tertiary/aromatic N) is 6. The lowest BCUT2D eigenvalue weighted by atomic mass is 10.1. The molecule has 0 atom stereocenters. The number of hydrogen-bond acceptors (Lipinski definition) is 7. The number of ether oxygens (including phenoxy) is 1. The molecule has 3 heterocycles. The molecule has 0 spiro atoms. The number of benzene rings is 3. The fourth-order valence-electron chi connectivity index (χ4n) is 5.04. The third-order valence-electron chi connectivity index (χ3n) is 7.17. The van der Waals surface area contributed by atoms with Crippen molar-refractivity contribution in [2.75, 3.05) is 50.0 Å². The van der Waals surface area contributed by atoms with Crippen LogP contribution >= 0.6 is 0 Å². The van der Waals surface area contributed by atoms with Gasteiger partial charge in [0.25, 0.3) is 0 Å². The minimum atomic E-state index is 0.579. The smallest absolute Gasteiger partial charge is 0.228 e. The fourth-order valence-corrected chi connectivity index (χ4v) is 5.04. The lowest BCUT2D eigenvalue weighted by molar-refractivity contribution is 0.200. The van der Waals surface area contributed by atoms with Crippen molar-refractivity contribution in [2.45, 2.75) is 13.5 Å². The van der Waals surface area contributed by atoms with Crippen LogP contribution in [-0.4, -0.2) is 64.0 Å². The third-order valence-corrected chi connectivity index (χ3v) is 7.17. The molecule has 8 heteroatoms. The van der Waals surface area contributed by atoms with Gasteiger partial charge in [0.15, 0.2) is 5.65 Å². The Morgan fingerprint density at radius 2 is 1.59 bits per heavy atom. The van der Waals surface area contributed by atoms with Crippen LogP contribution in [0.2, 0.25) is 0 Å². The zero-order chi connectivity index (χ0) is 26.6. The van der Waals surface area contributed by atoms with E-state index in [0.717, 1.165) is 60.7 Å². The van der Waals surface area contributed by atoms with Crippen LogP contribution in [0.25, 0.3) is 22.3 Å². The van der Waals surface area contributed by atoms with Crippen LogP contribution in [0.4, 0.5) is 11.8 Å². The Kier molecular flexibility index (Phi) is 7.10. The lowest BCUT2D eigenvalue weighted by Gasteiger charge is -2.34. The standard InChI is InChI=1S/C31H33N7O/c1-23-9-8-12-25(21-23)28-27-29(32)38(22-24-10-4-2-5-11-24)35-30(27)34-31(33-28)37-17-15-36(16-18-37)19-20-39-26-13-6-3-7-14-26/h2-14,21H,15-20,22,32H2,1H3. The van der Waals surface area contributed by atoms with E-state index in [0.29, 0.717) is 30.6 Å². The molecular weight excluding hydrogens is 486 g/mol. The highest BCUT2D eigenvalue weighted by molar-refractivity contribution is 5.99. The van der Waals surface area contributed by atoms with E-state index in [2.05, 4.69) is 53.1 Å². The number of rotatable bonds is 8. The largest absolute Gasteiger partial charge is 0.492 e. The second-order valence-corrected chi connectivity index (χ2v) is 9.96. The summed E-state index contributed by atoms with van der Waals surface area (Å²) in [6.45, 7) is 7.74. The van der Waals surface area contributed by atoms with Crippen molar-refractivity contribution in [3.05, 3.63) is 96.1 Å². The molecule has 1 aliphatic heterocycles. The zero-order valence-corrected chi connectivity index (χ0v) is 22.2. The van der Waals surface area contributed by atoms with Gasteiger partial charge in [-0.1, -0.05) is 72.3 Å². The molecular formula is C31H33N7O. The molecule has 3 aromatic carbocycles. The molecule has 0 aliphatic carbocycles. The molecule has 0 unspecified atom stereocenters. The van der Waals surface area contributed by atoms with Crippen molar-refractivity contribution >= 4 is 22.8 Å². The van der Waals surface area contributed by atoms with Gasteiger partial charge in [0.2, 0.25) is 5.95 Å². The molecule has 0 radical (unpaired) electrons. The van der Waals surface area contributed by atoms with E-state index in [-0.39, 0.29) is 0 Å². The molecule has 198 valence electrons. The Balaban J connectivity index is 1.24. The van der Waals surface area contributed by atoms with E-state index < -0.39 is 0 Å². The summed E-state index contributed by atoms with van der Waals surface area (Å²) < 4.78 is 7.73. The summed E-state index contributed by atoms with van der Waals surface area (Å²) >= 11 is 0. The van der Waals surface area contributed by atoms with Crippen LogP contribution < -0.4 is 15.4 Å². The van der Waals surface area contributed by atoms with Crippen molar-refractivity contribution < 1.29 is 4.74 Å². The van der Waals surface area contributed by atoms with E-state index in [1.165, 1.54) is 5.56 Å². The molecule has 1 fully saturated rings. The highest BCUT2D eigenvalue weighted by Crippen LogP contribution is 2.33. The summed E-state index contributed by atoms with van der Waals surface area (Å²) in [5, 5.41) is 5.65. The first-order valence-corrected chi connectivity index (χ1v) is 13.4. The summed E-state index contributed by atoms with van der Waals surface area (Å²) in [6, 6.07) is 28.6. The van der Waals surface area contributed by atoms with Gasteiger partial charge >= 0.3 is 0 Å². The molecule has 0 bridgehead atoms. The van der Waals surface area contributed by atoms with E-state index in [1.807, 2.05) is 53.2 Å². The van der Waals surface area contributed by atoms with Gasteiger partial charge in [0.1, 0.15) is 18.2 Å². The number of hydrogen-bond donors (Lipinski definition) is 1. The Bertz CT molecular complexity index is 1540. The zero-order valence-electron chi connectivity index (χ0n) is 22.2. The van der Waals surface area contributed by atoms with Crippen LogP contribution in [0.15, 0.2) is 84.9 Å². The summed E-state index contributed by atoms with van der Waals surface area (Å²) in [6.07, 6.45) is 0. The first kappa shape index (κ1) is 24.9. The molecule has 0 amide bonds. The van der Waals surface area contributed by atoms with Crippen LogP contribution in [0.1, 0.15) is 11.1 Å². The predicted octanol–water partition coefficient (Wildman–Crippen LogP) is 4.63. The topological polar surface area (TPSA) is 85.3 Å². The van der Waals surface area contributed by atoms with Crippen LogP contribution in [0.3, 0.4) is 0 Å². The third kappa shape index (κ3) is 5.56. The minimum absolute atomic E-state index is 0.579. The average molecular weight is 520 g/mol. The number of piperazine rings is 1. The number of fused-ring (bicyclic) bond motifs is 1. The van der Waals surface area contributed by atoms with Gasteiger partial charge in [-0.2, -0.15) is 4.98 Å². The number of aryl methyl sites for hydroxylation is 1. The van der Waals surface area contributed by atoms with Crippen molar-refractivity contribution in [1.82, 2.24) is 24.6 Å². The molecule has 1 saturated heterocycles. The average Bonchev–Trinajstić information content (AvgIpc) is 3.28. The number of nitrogens with two attached hydrogens (primary N) is 1. The quantitative estimate of drug-likeness (QED) is 0.320. The van der Waals surface area contributed by atoms with Gasteiger partial charge in [-0.05, 0) is 30.7 Å². The van der Waals surface area contributed by atoms with Gasteiger partial charge in [-0.3, -0.25) is 4.90 Å². The summed E-state index contributed by atoms with van der Waals surface area (Å²) in [4.78, 5) is 14.7. The minimum Gasteiger partial charge on any atom is -0.492 e. The SMILES string of the molecule is Cc1cccc(-c2nc(N3CCN(CCOc4ccccc4)CC3)nc3nn(Cc4ccccc4)c(N)c23)c1. The summed E-state index contributed by atoms with van der Waals surface area (Å²) in [7, 11) is 0. The van der Waals surface area contributed by atoms with Crippen molar-refractivity contribution in [2.24, 2.45) is 0 Å². The molecule has 2 aromatic heterocycles. The van der Waals surface area contributed by atoms with Crippen LogP contribution in [0, 0.1) is 6.92 Å². The maximum Gasteiger partial charge on any atom is 0.228 e. The maximum atomic E-state index is 6.69. The van der Waals surface area contributed by atoms with Crippen LogP contribution in [0.5, 0.6) is 5.75 Å². The van der Waals surface area contributed by atoms with Gasteiger partial charge < -0.3 is 15.4 Å². The molecule has 5 aromatic rings. The second kappa shape index (κ2) is 11.1. The monoisotopic (exact) mass is 519 g/mol. The highest BCUT2D eigenvalue weighted by atomic mass is 16.5. The lowest BCUT2D eigenvalue weighted by Crippen LogP contribution is -2.48. The predicted molar refractivity (Wildman–Crippen MR) is 156 cm³/mol. The summed E-state index contributed by atoms with van der Waals surface area (Å²) in [5.41, 5.74) is 11.5. The van der Waals surface area contributed by atoms with Crippen molar-refractivity contribution in [3.63, 3.8) is 0 Å². The van der Waals surface area contributed by atoms with Gasteiger partial charge in [0, 0.05) is 38.3 Å². The molecule has 2 N–H and O–H groups in total. The maximum absolute atomic E-state index is 6.69. The van der Waals surface area contributed by atoms with E-state index >= 15 is 0 Å². The number of anilines is 2. The second-order valence-electron chi connectivity index (χ2n) is 9.96. The molecule has 39 heavy (non-hydrogen) atoms. The van der Waals surface area contributed by atoms with Gasteiger partial charge in [0.05, 0.1) is 17.6 Å². The first-order chi connectivity index (χ1) is 19.1. The van der Waals surface area contributed by atoms with E-state index in [4.69, 9.17) is 25.5 Å². The van der Waals surface area contributed by atoms with Gasteiger partial charge in [-0.15, -0.1) is 5.10 Å². The molecule has 6 rings (SSSR count). The number of para-hydroxylation sites is 1. The molecule has 0 saturated carbocycles.